The van der Waals surface area contributed by atoms with Crippen LogP contribution in [0.3, 0.4) is 0 Å². The molecule has 9 heteroatoms. The van der Waals surface area contributed by atoms with Crippen LogP contribution in [0.25, 0.3) is 0 Å². The van der Waals surface area contributed by atoms with E-state index in [1.807, 2.05) is 0 Å². The van der Waals surface area contributed by atoms with Gasteiger partial charge in [0.15, 0.2) is 0 Å². The van der Waals surface area contributed by atoms with Gasteiger partial charge in [0.25, 0.3) is 0 Å². The maximum absolute atomic E-state index is 10.9. The molecule has 0 unspecified atom stereocenters. The predicted octanol–water partition coefficient (Wildman–Crippen LogP) is 3.98. The third-order valence-corrected chi connectivity index (χ3v) is 5.25. The molecule has 148 valence electrons. The zero-order chi connectivity index (χ0) is 21.2. The molecule has 0 saturated heterocycles. The van der Waals surface area contributed by atoms with Crippen molar-refractivity contribution in [3.63, 3.8) is 0 Å². The van der Waals surface area contributed by atoms with Crippen molar-refractivity contribution in [2.24, 2.45) is 4.99 Å². The third-order valence-electron chi connectivity index (χ3n) is 4.51. The van der Waals surface area contributed by atoms with Crippen molar-refractivity contribution in [3.05, 3.63) is 57.6 Å². The number of nitrogens with one attached hydrogen (secondary N) is 2. The molecule has 1 heterocycles. The summed E-state index contributed by atoms with van der Waals surface area (Å²) in [6.07, 6.45) is 0.728. The predicted molar refractivity (Wildman–Crippen MR) is 111 cm³/mol. The number of hydrogen-bond donors (Lipinski definition) is 3. The Balaban J connectivity index is 1.96. The molecule has 2 aromatic rings. The minimum absolute atomic E-state index is 0.0981. The van der Waals surface area contributed by atoms with Crippen molar-refractivity contribution >= 4 is 34.8 Å². The first-order valence-corrected chi connectivity index (χ1v) is 9.37. The van der Waals surface area contributed by atoms with Crippen molar-refractivity contribution in [1.82, 2.24) is 5.32 Å². The van der Waals surface area contributed by atoms with Crippen LogP contribution in [0.5, 0.6) is 5.75 Å². The number of ether oxygens (including phenoxy) is 1. The van der Waals surface area contributed by atoms with E-state index < -0.39 is 17.7 Å². The van der Waals surface area contributed by atoms with Gasteiger partial charge in [-0.3, -0.25) is 0 Å². The molecule has 2 aromatic carbocycles. The minimum atomic E-state index is -0.997. The average molecular weight is 430 g/mol. The molecule has 1 aliphatic heterocycles. The van der Waals surface area contributed by atoms with Gasteiger partial charge in [0, 0.05) is 11.3 Å². The number of aliphatic hydroxyl groups excluding tert-OH is 1. The molecule has 7 nitrogen and oxygen atoms in total. The minimum Gasteiger partial charge on any atom is -0.485 e. The zero-order valence-corrected chi connectivity index (χ0v) is 17.1. The van der Waals surface area contributed by atoms with Crippen molar-refractivity contribution in [3.8, 4) is 18.0 Å². The van der Waals surface area contributed by atoms with Gasteiger partial charge >= 0.3 is 0 Å². The van der Waals surface area contributed by atoms with Gasteiger partial charge < -0.3 is 20.5 Å². The van der Waals surface area contributed by atoms with Crippen LogP contribution in [-0.2, 0) is 0 Å². The van der Waals surface area contributed by atoms with Gasteiger partial charge in [0.2, 0.25) is 12.2 Å². The summed E-state index contributed by atoms with van der Waals surface area (Å²) in [6, 6.07) is 11.2. The van der Waals surface area contributed by atoms with Crippen LogP contribution in [0.2, 0.25) is 10.0 Å². The number of hydrogen-bond acceptors (Lipinski definition) is 5. The Hall–Kier alpha value is -2.97. The first-order valence-electron chi connectivity index (χ1n) is 8.61. The lowest BCUT2D eigenvalue weighted by Gasteiger charge is -2.42. The molecule has 3 rings (SSSR count). The second kappa shape index (κ2) is 8.18. The number of rotatable bonds is 2. The van der Waals surface area contributed by atoms with Crippen LogP contribution < -0.4 is 15.4 Å². The van der Waals surface area contributed by atoms with Crippen LogP contribution in [-0.4, -0.2) is 22.8 Å². The second-order valence-corrected chi connectivity index (χ2v) is 7.77. The number of aliphatic imine (C=N–C) groups is 1. The highest BCUT2D eigenvalue weighted by Crippen LogP contribution is 2.40. The monoisotopic (exact) mass is 429 g/mol. The lowest BCUT2D eigenvalue weighted by molar-refractivity contribution is -0.0610. The quantitative estimate of drug-likeness (QED) is 0.377. The summed E-state index contributed by atoms with van der Waals surface area (Å²) in [5.41, 5.74) is 0.632. The number of nitriles is 2. The van der Waals surface area contributed by atoms with Gasteiger partial charge in [-0.05, 0) is 50.2 Å². The molecule has 0 spiro atoms. The lowest BCUT2D eigenvalue weighted by atomic mass is 9.86. The number of halogens is 2. The molecule has 0 saturated carbocycles. The van der Waals surface area contributed by atoms with Crippen molar-refractivity contribution in [1.29, 1.82) is 10.5 Å². The number of aliphatic hydroxyl groups is 1. The van der Waals surface area contributed by atoms with E-state index in [1.165, 1.54) is 0 Å². The number of guanidine groups is 1. The summed E-state index contributed by atoms with van der Waals surface area (Å²) >= 11 is 12.0. The molecule has 0 radical (unpaired) electrons. The molecule has 0 amide bonds. The standard InChI is InChI=1S/C20H17Cl2N5O2/c1-20(2)18(28)17(13-7-11(9-23)3-6-16(13)29-20)27-19(25-10-24)26-12-4-5-14(21)15(22)8-12/h3-8,17-18,28H,1-2H3,(H2,25,26,27)/t17-,18+/m1/s1. The van der Waals surface area contributed by atoms with E-state index in [9.17, 15) is 10.4 Å². The summed E-state index contributed by atoms with van der Waals surface area (Å²) in [4.78, 5) is 3.77. The Kier molecular flexibility index (Phi) is 5.86. The van der Waals surface area contributed by atoms with Crippen LogP contribution in [0.15, 0.2) is 41.4 Å². The average Bonchev–Trinajstić information content (AvgIpc) is 2.68. The molecular weight excluding hydrogens is 413 g/mol. The smallest absolute Gasteiger partial charge is 0.212 e. The summed E-state index contributed by atoms with van der Waals surface area (Å²) in [7, 11) is 0. The molecule has 2 atom stereocenters. The molecule has 0 bridgehead atoms. The van der Waals surface area contributed by atoms with E-state index in [4.69, 9.17) is 33.2 Å². The highest BCUT2D eigenvalue weighted by molar-refractivity contribution is 6.42. The Morgan fingerprint density at radius 2 is 1.93 bits per heavy atom. The summed E-state index contributed by atoms with van der Waals surface area (Å²) in [5, 5.41) is 36.0. The first-order chi connectivity index (χ1) is 13.7. The number of nitrogens with zero attached hydrogens (tertiary/aromatic N) is 3. The molecule has 0 fully saturated rings. The molecule has 0 aromatic heterocycles. The second-order valence-electron chi connectivity index (χ2n) is 6.95. The van der Waals surface area contributed by atoms with Crippen molar-refractivity contribution < 1.29 is 9.84 Å². The summed E-state index contributed by atoms with van der Waals surface area (Å²) in [5.74, 6) is 0.628. The molecule has 3 N–H and O–H groups in total. The number of benzene rings is 2. The van der Waals surface area contributed by atoms with Crippen LogP contribution >= 0.6 is 23.2 Å². The van der Waals surface area contributed by atoms with Crippen LogP contribution in [0.4, 0.5) is 5.69 Å². The van der Waals surface area contributed by atoms with Gasteiger partial charge in [-0.1, -0.05) is 23.2 Å². The molecule has 1 aliphatic rings. The van der Waals surface area contributed by atoms with E-state index in [2.05, 4.69) is 21.7 Å². The number of fused-ring (bicyclic) bond motifs is 1. The Morgan fingerprint density at radius 3 is 2.59 bits per heavy atom. The Bertz CT molecular complexity index is 1060. The fourth-order valence-corrected chi connectivity index (χ4v) is 3.33. The van der Waals surface area contributed by atoms with E-state index in [0.29, 0.717) is 32.6 Å². The van der Waals surface area contributed by atoms with E-state index >= 15 is 0 Å². The fraction of sp³-hybridized carbons (Fsp3) is 0.250. The van der Waals surface area contributed by atoms with Crippen LogP contribution in [0, 0.1) is 22.8 Å². The summed E-state index contributed by atoms with van der Waals surface area (Å²) < 4.78 is 5.89. The van der Waals surface area contributed by atoms with Gasteiger partial charge in [-0.15, -0.1) is 4.99 Å². The fourth-order valence-electron chi connectivity index (χ4n) is 3.03. The Morgan fingerprint density at radius 1 is 1.17 bits per heavy atom. The van der Waals surface area contributed by atoms with Gasteiger partial charge in [-0.25, -0.2) is 0 Å². The van der Waals surface area contributed by atoms with Gasteiger partial charge in [0.1, 0.15) is 17.5 Å². The maximum atomic E-state index is 10.9. The topological polar surface area (TPSA) is 113 Å². The SMILES string of the molecule is CC1(C)Oc2ccc(C#N)cc2[C@@H](NC(=NC#N)Nc2ccc(Cl)c(Cl)c2)[C@@H]1O. The largest absolute Gasteiger partial charge is 0.485 e. The van der Waals surface area contributed by atoms with Crippen molar-refractivity contribution in [2.75, 3.05) is 5.32 Å². The molecular formula is C20H17Cl2N5O2. The van der Waals surface area contributed by atoms with E-state index in [0.717, 1.165) is 0 Å². The molecule has 0 aliphatic carbocycles. The summed E-state index contributed by atoms with van der Waals surface area (Å²) in [6.45, 7) is 3.50. The van der Waals surface area contributed by atoms with Crippen molar-refractivity contribution in [2.45, 2.75) is 31.6 Å². The van der Waals surface area contributed by atoms with Gasteiger partial charge in [0.05, 0.1) is 27.7 Å². The van der Waals surface area contributed by atoms with Gasteiger partial charge in [-0.2, -0.15) is 10.5 Å². The first kappa shape index (κ1) is 20.8. The van der Waals surface area contributed by atoms with E-state index in [-0.39, 0.29) is 5.96 Å². The zero-order valence-electron chi connectivity index (χ0n) is 15.6. The number of anilines is 1. The Labute approximate surface area is 178 Å². The lowest BCUT2D eigenvalue weighted by Crippen LogP contribution is -2.54. The van der Waals surface area contributed by atoms with E-state index in [1.54, 1.807) is 56.4 Å². The normalized spacial score (nSPS) is 19.9. The highest BCUT2D eigenvalue weighted by atomic mass is 35.5. The third kappa shape index (κ3) is 4.38. The molecule has 29 heavy (non-hydrogen) atoms. The maximum Gasteiger partial charge on any atom is 0.212 e. The highest BCUT2D eigenvalue weighted by Gasteiger charge is 2.43. The van der Waals surface area contributed by atoms with Crippen LogP contribution in [0.1, 0.15) is 31.0 Å².